The van der Waals surface area contributed by atoms with E-state index in [9.17, 15) is 49.7 Å². The Balaban J connectivity index is 1.60. The normalized spacial score (nSPS) is 15.5. The van der Waals surface area contributed by atoms with Crippen molar-refractivity contribution >= 4 is 42.3 Å². The van der Waals surface area contributed by atoms with E-state index in [1.807, 2.05) is 0 Å². The van der Waals surface area contributed by atoms with E-state index in [0.717, 1.165) is 35.5 Å². The van der Waals surface area contributed by atoms with Crippen LogP contribution in [-0.4, -0.2) is 55.2 Å². The Kier molecular flexibility index (Phi) is 7.24. The predicted octanol–water partition coefficient (Wildman–Crippen LogP) is 4.30. The highest BCUT2D eigenvalue weighted by atomic mass is 32.2. The summed E-state index contributed by atoms with van der Waals surface area (Å²) >= 11 is 0.639. The lowest BCUT2D eigenvalue weighted by atomic mass is 10.0. The number of nitrogens with zero attached hydrogens (tertiary/aromatic N) is 4. The summed E-state index contributed by atoms with van der Waals surface area (Å²) in [6.45, 7) is 0.589. The summed E-state index contributed by atoms with van der Waals surface area (Å²) in [5, 5.41) is 11.1. The number of piperazine rings is 1. The van der Waals surface area contributed by atoms with Gasteiger partial charge in [0.15, 0.2) is 5.13 Å². The third-order valence-electron chi connectivity index (χ3n) is 5.82. The Bertz CT molecular complexity index is 1600. The van der Waals surface area contributed by atoms with Gasteiger partial charge in [0.1, 0.15) is 10.4 Å². The van der Waals surface area contributed by atoms with E-state index in [0.29, 0.717) is 17.4 Å². The van der Waals surface area contributed by atoms with Gasteiger partial charge in [0.25, 0.3) is 11.2 Å². The molecule has 0 unspecified atom stereocenters. The van der Waals surface area contributed by atoms with E-state index >= 15 is 0 Å². The fourth-order valence-corrected chi connectivity index (χ4v) is 6.62. The lowest BCUT2D eigenvalue weighted by molar-refractivity contribution is -0.383. The van der Waals surface area contributed by atoms with Gasteiger partial charge < -0.3 is 9.64 Å². The maximum absolute atomic E-state index is 13.4. The van der Waals surface area contributed by atoms with Gasteiger partial charge in [-0.3, -0.25) is 14.9 Å². The predicted molar refractivity (Wildman–Crippen MR) is 126 cm³/mol. The lowest BCUT2D eigenvalue weighted by Crippen LogP contribution is -2.49. The van der Waals surface area contributed by atoms with Crippen molar-refractivity contribution in [1.82, 2.24) is 9.29 Å². The molecule has 0 radical (unpaired) electrons. The largest absolute Gasteiger partial charge is 0.573 e. The SMILES string of the molecule is Cc1c(C(F)(F)F)cc2c(=O)nc(N3CCN(S(=O)(=O)c4ccc(OC(F)(F)F)cc4)CC3)sc2c1[N+](=O)[O-]. The van der Waals surface area contributed by atoms with E-state index in [1.165, 1.54) is 4.90 Å². The first-order chi connectivity index (χ1) is 18.0. The molecule has 1 aromatic heterocycles. The first-order valence-electron chi connectivity index (χ1n) is 10.8. The van der Waals surface area contributed by atoms with E-state index in [-0.39, 0.29) is 40.9 Å². The van der Waals surface area contributed by atoms with Crippen molar-refractivity contribution in [2.45, 2.75) is 24.4 Å². The molecule has 1 saturated heterocycles. The Morgan fingerprint density at radius 3 is 2.15 bits per heavy atom. The van der Waals surface area contributed by atoms with Gasteiger partial charge in [0.05, 0.1) is 20.8 Å². The van der Waals surface area contributed by atoms with Crippen LogP contribution in [0.25, 0.3) is 10.1 Å². The average molecular weight is 599 g/mol. The average Bonchev–Trinajstić information content (AvgIpc) is 2.82. The molecule has 0 bridgehead atoms. The minimum atomic E-state index is -4.95. The van der Waals surface area contributed by atoms with Crippen molar-refractivity contribution in [3.63, 3.8) is 0 Å². The molecule has 10 nitrogen and oxygen atoms in total. The molecule has 18 heteroatoms. The van der Waals surface area contributed by atoms with E-state index in [4.69, 9.17) is 0 Å². The summed E-state index contributed by atoms with van der Waals surface area (Å²) < 4.78 is 108. The van der Waals surface area contributed by atoms with Crippen LogP contribution in [-0.2, 0) is 16.2 Å². The maximum Gasteiger partial charge on any atom is 0.573 e. The van der Waals surface area contributed by atoms with E-state index in [2.05, 4.69) is 9.72 Å². The fourth-order valence-electron chi connectivity index (χ4n) is 4.00. The van der Waals surface area contributed by atoms with Crippen LogP contribution in [0.4, 0.5) is 37.2 Å². The Morgan fingerprint density at radius 1 is 1.05 bits per heavy atom. The second-order valence-electron chi connectivity index (χ2n) is 8.24. The number of ether oxygens (including phenoxy) is 1. The molecule has 1 aliphatic rings. The molecular formula is C21H16F6N4O6S2. The number of anilines is 1. The summed E-state index contributed by atoms with van der Waals surface area (Å²) in [7, 11) is -4.12. The van der Waals surface area contributed by atoms with Crippen LogP contribution in [0.2, 0.25) is 0 Å². The number of aromatic nitrogens is 1. The highest BCUT2D eigenvalue weighted by Gasteiger charge is 2.38. The van der Waals surface area contributed by atoms with Crippen LogP contribution in [0.1, 0.15) is 11.1 Å². The molecule has 0 atom stereocenters. The molecule has 39 heavy (non-hydrogen) atoms. The van der Waals surface area contributed by atoms with Crippen molar-refractivity contribution < 1.29 is 44.4 Å². The molecular weight excluding hydrogens is 582 g/mol. The second kappa shape index (κ2) is 9.91. The molecule has 2 heterocycles. The lowest BCUT2D eigenvalue weighted by Gasteiger charge is -2.34. The number of nitro benzene ring substituents is 1. The molecule has 3 aromatic rings. The Labute approximate surface area is 219 Å². The van der Waals surface area contributed by atoms with Gasteiger partial charge in [-0.2, -0.15) is 22.5 Å². The molecule has 0 saturated carbocycles. The quantitative estimate of drug-likeness (QED) is 0.242. The van der Waals surface area contributed by atoms with Crippen LogP contribution in [0.5, 0.6) is 5.75 Å². The molecule has 1 aliphatic heterocycles. The summed E-state index contributed by atoms with van der Waals surface area (Å²) in [4.78, 5) is 28.3. The third kappa shape index (κ3) is 5.76. The van der Waals surface area contributed by atoms with Gasteiger partial charge in [-0.15, -0.1) is 13.2 Å². The van der Waals surface area contributed by atoms with Crippen molar-refractivity contribution in [2.24, 2.45) is 0 Å². The number of alkyl halides is 6. The van der Waals surface area contributed by atoms with Crippen molar-refractivity contribution in [1.29, 1.82) is 0 Å². The monoisotopic (exact) mass is 598 g/mol. The number of benzene rings is 2. The molecule has 4 rings (SSSR count). The second-order valence-corrected chi connectivity index (χ2v) is 11.2. The van der Waals surface area contributed by atoms with Crippen LogP contribution in [0.15, 0.2) is 40.0 Å². The maximum atomic E-state index is 13.4. The van der Waals surface area contributed by atoms with Crippen LogP contribution >= 0.6 is 11.3 Å². The van der Waals surface area contributed by atoms with Gasteiger partial charge in [-0.1, -0.05) is 11.3 Å². The van der Waals surface area contributed by atoms with Crippen LogP contribution in [0, 0.1) is 17.0 Å². The molecule has 210 valence electrons. The number of nitro groups is 1. The topological polar surface area (TPSA) is 123 Å². The molecule has 0 N–H and O–H groups in total. The zero-order valence-electron chi connectivity index (χ0n) is 19.5. The fraction of sp³-hybridized carbons (Fsp3) is 0.333. The van der Waals surface area contributed by atoms with Gasteiger partial charge in [0.2, 0.25) is 10.0 Å². The van der Waals surface area contributed by atoms with Crippen LogP contribution < -0.4 is 15.2 Å². The molecule has 0 spiro atoms. The van der Waals surface area contributed by atoms with Gasteiger partial charge in [0, 0.05) is 31.7 Å². The minimum absolute atomic E-state index is 0.0314. The summed E-state index contributed by atoms with van der Waals surface area (Å²) in [6, 6.07) is 4.15. The van der Waals surface area contributed by atoms with Crippen molar-refractivity contribution in [2.75, 3.05) is 31.1 Å². The molecule has 1 fully saturated rings. The number of fused-ring (bicyclic) bond motifs is 1. The smallest absolute Gasteiger partial charge is 0.406 e. The van der Waals surface area contributed by atoms with Gasteiger partial charge >= 0.3 is 12.5 Å². The molecule has 0 amide bonds. The van der Waals surface area contributed by atoms with Gasteiger partial charge in [-0.25, -0.2) is 8.42 Å². The first-order valence-corrected chi connectivity index (χ1v) is 13.1. The summed E-state index contributed by atoms with van der Waals surface area (Å²) in [5.41, 5.74) is -3.96. The minimum Gasteiger partial charge on any atom is -0.406 e. The van der Waals surface area contributed by atoms with Crippen molar-refractivity contribution in [3.8, 4) is 5.75 Å². The van der Waals surface area contributed by atoms with E-state index < -0.39 is 61.0 Å². The first kappa shape index (κ1) is 28.5. The highest BCUT2D eigenvalue weighted by Crippen LogP contribution is 2.42. The zero-order valence-corrected chi connectivity index (χ0v) is 21.2. The Hall–Kier alpha value is -3.51. The Morgan fingerprint density at radius 2 is 1.64 bits per heavy atom. The standard InChI is InChI=1S/C21H16F6N4O6S2/c1-11-15(20(22,23)24)10-14-17(16(11)31(33)34)38-19(28-18(14)32)29-6-8-30(9-7-29)39(35,36)13-4-2-12(3-5-13)37-21(25,26)27/h2-5,10H,6-9H2,1H3. The number of hydrogen-bond donors (Lipinski definition) is 0. The van der Waals surface area contributed by atoms with Crippen LogP contribution in [0.3, 0.4) is 0 Å². The summed E-state index contributed by atoms with van der Waals surface area (Å²) in [5.74, 6) is -0.602. The third-order valence-corrected chi connectivity index (χ3v) is 8.88. The number of sulfonamides is 1. The highest BCUT2D eigenvalue weighted by molar-refractivity contribution is 7.89. The van der Waals surface area contributed by atoms with Crippen molar-refractivity contribution in [3.05, 3.63) is 61.9 Å². The summed E-state index contributed by atoms with van der Waals surface area (Å²) in [6.07, 6.45) is -9.88. The molecule has 2 aromatic carbocycles. The molecule has 0 aliphatic carbocycles. The van der Waals surface area contributed by atoms with Gasteiger partial charge in [-0.05, 0) is 37.3 Å². The number of hydrogen-bond acceptors (Lipinski definition) is 9. The number of halogens is 6. The van der Waals surface area contributed by atoms with E-state index in [1.54, 1.807) is 0 Å². The zero-order chi connectivity index (χ0) is 28.9. The number of rotatable bonds is 5.